The highest BCUT2D eigenvalue weighted by Crippen LogP contribution is 2.17. The summed E-state index contributed by atoms with van der Waals surface area (Å²) >= 11 is 1.73. The second-order valence-corrected chi connectivity index (χ2v) is 5.42. The van der Waals surface area contributed by atoms with Crippen LogP contribution < -0.4 is 5.32 Å². The molecule has 2 rings (SSSR count). The van der Waals surface area contributed by atoms with Crippen LogP contribution in [0.15, 0.2) is 35.7 Å². The zero-order valence-electron chi connectivity index (χ0n) is 10.9. The van der Waals surface area contributed by atoms with E-state index in [4.69, 9.17) is 0 Å². The van der Waals surface area contributed by atoms with Crippen LogP contribution in [-0.4, -0.2) is 11.7 Å². The highest BCUT2D eigenvalue weighted by molar-refractivity contribution is 7.10. The molecule has 0 saturated heterocycles. The molecule has 0 aliphatic rings. The summed E-state index contributed by atoms with van der Waals surface area (Å²) in [5, 5.41) is 15.3. The van der Waals surface area contributed by atoms with Gasteiger partial charge in [-0.05, 0) is 41.1 Å². The first-order valence-corrected chi connectivity index (χ1v) is 7.28. The molecule has 1 aromatic carbocycles. The van der Waals surface area contributed by atoms with Gasteiger partial charge < -0.3 is 10.4 Å². The molecule has 2 aromatic rings. The predicted molar refractivity (Wildman–Crippen MR) is 76.8 cm³/mol. The summed E-state index contributed by atoms with van der Waals surface area (Å²) in [4.78, 5) is 1.31. The smallest absolute Gasteiger partial charge is 0.123 e. The summed E-state index contributed by atoms with van der Waals surface area (Å²) in [6.07, 6.45) is 0.423. The number of nitrogens with one attached hydrogen (secondary N) is 1. The summed E-state index contributed by atoms with van der Waals surface area (Å²) in [5.41, 5.74) is 2.09. The van der Waals surface area contributed by atoms with Crippen molar-refractivity contribution in [1.29, 1.82) is 0 Å². The molecule has 0 saturated carbocycles. The monoisotopic (exact) mass is 279 g/mol. The second kappa shape index (κ2) is 6.80. The zero-order chi connectivity index (χ0) is 13.7. The van der Waals surface area contributed by atoms with Gasteiger partial charge in [-0.2, -0.15) is 0 Å². The molecule has 102 valence electrons. The van der Waals surface area contributed by atoms with Crippen LogP contribution >= 0.6 is 11.3 Å². The zero-order valence-corrected chi connectivity index (χ0v) is 11.7. The van der Waals surface area contributed by atoms with Gasteiger partial charge in [-0.25, -0.2) is 4.39 Å². The van der Waals surface area contributed by atoms with Crippen LogP contribution in [0.1, 0.15) is 29.0 Å². The summed E-state index contributed by atoms with van der Waals surface area (Å²) in [6.45, 7) is 3.37. The van der Waals surface area contributed by atoms with Crippen molar-refractivity contribution in [2.75, 3.05) is 6.54 Å². The molecule has 0 amide bonds. The Morgan fingerprint density at radius 1 is 1.26 bits per heavy atom. The van der Waals surface area contributed by atoms with Gasteiger partial charge in [0.15, 0.2) is 0 Å². The third-order valence-electron chi connectivity index (χ3n) is 3.10. The van der Waals surface area contributed by atoms with Gasteiger partial charge in [0.05, 0.1) is 6.10 Å². The fourth-order valence-electron chi connectivity index (χ4n) is 1.96. The van der Waals surface area contributed by atoms with Crippen molar-refractivity contribution in [2.24, 2.45) is 0 Å². The lowest BCUT2D eigenvalue weighted by atomic mass is 10.1. The van der Waals surface area contributed by atoms with Crippen LogP contribution in [-0.2, 0) is 13.0 Å². The van der Waals surface area contributed by atoms with Crippen molar-refractivity contribution < 1.29 is 9.50 Å². The fraction of sp³-hybridized carbons (Fsp3) is 0.333. The van der Waals surface area contributed by atoms with E-state index in [1.165, 1.54) is 22.6 Å². The molecule has 4 heteroatoms. The van der Waals surface area contributed by atoms with E-state index in [1.807, 2.05) is 0 Å². The highest BCUT2D eigenvalue weighted by atomic mass is 32.1. The first-order chi connectivity index (χ1) is 9.20. The van der Waals surface area contributed by atoms with Gasteiger partial charge >= 0.3 is 0 Å². The lowest BCUT2D eigenvalue weighted by molar-refractivity contribution is 0.174. The lowest BCUT2D eigenvalue weighted by Gasteiger charge is -2.12. The lowest BCUT2D eigenvalue weighted by Crippen LogP contribution is -2.21. The minimum Gasteiger partial charge on any atom is -0.387 e. The van der Waals surface area contributed by atoms with Gasteiger partial charge in [0, 0.05) is 18.0 Å². The van der Waals surface area contributed by atoms with E-state index in [0.717, 1.165) is 18.5 Å². The van der Waals surface area contributed by atoms with Crippen LogP contribution in [0, 0.1) is 5.82 Å². The number of rotatable bonds is 6. The summed E-state index contributed by atoms with van der Waals surface area (Å²) in [5.74, 6) is -0.282. The molecule has 0 aliphatic carbocycles. The Balaban J connectivity index is 1.84. The Hall–Kier alpha value is -1.23. The van der Waals surface area contributed by atoms with Crippen molar-refractivity contribution in [3.63, 3.8) is 0 Å². The van der Waals surface area contributed by atoms with Crippen LogP contribution in [0.25, 0.3) is 0 Å². The van der Waals surface area contributed by atoms with Gasteiger partial charge in [0.2, 0.25) is 0 Å². The molecule has 2 N–H and O–H groups in total. The molecular formula is C15H18FNOS. The number of hydrogen-bond donors (Lipinski definition) is 2. The Morgan fingerprint density at radius 3 is 2.68 bits per heavy atom. The van der Waals surface area contributed by atoms with E-state index in [0.29, 0.717) is 6.54 Å². The van der Waals surface area contributed by atoms with E-state index >= 15 is 0 Å². The maximum atomic E-state index is 12.8. The average molecular weight is 279 g/mol. The van der Waals surface area contributed by atoms with Crippen molar-refractivity contribution >= 4 is 11.3 Å². The van der Waals surface area contributed by atoms with Gasteiger partial charge in [-0.3, -0.25) is 0 Å². The third kappa shape index (κ3) is 3.86. The number of hydrogen-bond acceptors (Lipinski definition) is 3. The SMILES string of the molecule is CCc1ccsc1CNCC(O)c1ccc(F)cc1. The molecule has 1 aromatic heterocycles. The first kappa shape index (κ1) is 14.2. The molecule has 0 aliphatic heterocycles. The van der Waals surface area contributed by atoms with E-state index in [1.54, 1.807) is 23.5 Å². The topological polar surface area (TPSA) is 32.3 Å². The van der Waals surface area contributed by atoms with Gasteiger partial charge in [-0.15, -0.1) is 11.3 Å². The molecule has 0 bridgehead atoms. The molecule has 0 fully saturated rings. The Morgan fingerprint density at radius 2 is 2.00 bits per heavy atom. The number of thiophene rings is 1. The Kier molecular flexibility index (Phi) is 5.07. The number of aliphatic hydroxyl groups is 1. The molecule has 1 heterocycles. The van der Waals surface area contributed by atoms with Crippen LogP contribution in [0.4, 0.5) is 4.39 Å². The van der Waals surface area contributed by atoms with Crippen molar-refractivity contribution in [1.82, 2.24) is 5.32 Å². The number of aryl methyl sites for hydroxylation is 1. The maximum absolute atomic E-state index is 12.8. The van der Waals surface area contributed by atoms with E-state index < -0.39 is 6.10 Å². The van der Waals surface area contributed by atoms with Gasteiger partial charge in [0.25, 0.3) is 0 Å². The van der Waals surface area contributed by atoms with Crippen molar-refractivity contribution in [2.45, 2.75) is 26.0 Å². The van der Waals surface area contributed by atoms with Gasteiger partial charge in [0.1, 0.15) is 5.82 Å². The largest absolute Gasteiger partial charge is 0.387 e. The number of aliphatic hydroxyl groups excluding tert-OH is 1. The molecular weight excluding hydrogens is 261 g/mol. The minimum atomic E-state index is -0.606. The van der Waals surface area contributed by atoms with Crippen molar-refractivity contribution in [3.8, 4) is 0 Å². The number of halogens is 1. The summed E-state index contributed by atoms with van der Waals surface area (Å²) in [7, 11) is 0. The molecule has 1 atom stereocenters. The van der Waals surface area contributed by atoms with Crippen molar-refractivity contribution in [3.05, 3.63) is 57.5 Å². The maximum Gasteiger partial charge on any atom is 0.123 e. The molecule has 1 unspecified atom stereocenters. The highest BCUT2D eigenvalue weighted by Gasteiger charge is 2.08. The molecule has 2 nitrogen and oxygen atoms in total. The Labute approximate surface area is 116 Å². The number of benzene rings is 1. The van der Waals surface area contributed by atoms with E-state index in [-0.39, 0.29) is 5.82 Å². The standard InChI is InChI=1S/C15H18FNOS/c1-2-11-7-8-19-15(11)10-17-9-14(18)12-3-5-13(16)6-4-12/h3-8,14,17-18H,2,9-10H2,1H3. The minimum absolute atomic E-state index is 0.282. The molecule has 0 radical (unpaired) electrons. The van der Waals surface area contributed by atoms with E-state index in [9.17, 15) is 9.50 Å². The van der Waals surface area contributed by atoms with Crippen LogP contribution in [0.5, 0.6) is 0 Å². The second-order valence-electron chi connectivity index (χ2n) is 4.42. The van der Waals surface area contributed by atoms with Crippen LogP contribution in [0.2, 0.25) is 0 Å². The normalized spacial score (nSPS) is 12.6. The fourth-order valence-corrected chi connectivity index (χ4v) is 2.91. The quantitative estimate of drug-likeness (QED) is 0.850. The van der Waals surface area contributed by atoms with E-state index in [2.05, 4.69) is 23.7 Å². The Bertz CT molecular complexity index is 509. The predicted octanol–water partition coefficient (Wildman–Crippen LogP) is 3.27. The molecule has 19 heavy (non-hydrogen) atoms. The summed E-state index contributed by atoms with van der Waals surface area (Å²) in [6, 6.07) is 8.10. The van der Waals surface area contributed by atoms with Crippen LogP contribution in [0.3, 0.4) is 0 Å². The van der Waals surface area contributed by atoms with Gasteiger partial charge in [-0.1, -0.05) is 19.1 Å². The third-order valence-corrected chi connectivity index (χ3v) is 4.06. The molecule has 0 spiro atoms. The summed E-state index contributed by atoms with van der Waals surface area (Å²) < 4.78 is 12.8. The average Bonchev–Trinajstić information content (AvgIpc) is 2.87. The first-order valence-electron chi connectivity index (χ1n) is 6.40.